The third-order valence-corrected chi connectivity index (χ3v) is 0.779. The first kappa shape index (κ1) is 8.91. The van der Waals surface area contributed by atoms with Gasteiger partial charge in [-0.05, 0) is 12.1 Å². The minimum Gasteiger partial charge on any atom is -0.290 e. The first-order chi connectivity index (χ1) is 4.93. The van der Waals surface area contributed by atoms with E-state index in [1.807, 2.05) is 19.3 Å². The van der Waals surface area contributed by atoms with Crippen LogP contribution in [0.4, 0.5) is 5.82 Å². The van der Waals surface area contributed by atoms with Gasteiger partial charge in [0, 0.05) is 6.20 Å². The summed E-state index contributed by atoms with van der Waals surface area (Å²) in [7, 11) is 0. The van der Waals surface area contributed by atoms with Crippen molar-refractivity contribution < 1.29 is 5.21 Å². The summed E-state index contributed by atoms with van der Waals surface area (Å²) in [6.07, 6.45) is 1.60. The first-order valence-corrected chi connectivity index (χ1v) is 3.24. The average Bonchev–Trinajstić information content (AvgIpc) is 2.10. The van der Waals surface area contributed by atoms with Crippen molar-refractivity contribution in [3.63, 3.8) is 0 Å². The highest BCUT2D eigenvalue weighted by Crippen LogP contribution is 1.95. The number of hydrogen-bond donors (Lipinski definition) is 2. The van der Waals surface area contributed by atoms with Crippen molar-refractivity contribution in [2.75, 3.05) is 5.48 Å². The second kappa shape index (κ2) is 6.04. The molecule has 0 aliphatic rings. The van der Waals surface area contributed by atoms with Crippen LogP contribution >= 0.6 is 0 Å². The zero-order chi connectivity index (χ0) is 7.82. The smallest absolute Gasteiger partial charge is 0.149 e. The van der Waals surface area contributed by atoms with Gasteiger partial charge in [-0.1, -0.05) is 19.9 Å². The summed E-state index contributed by atoms with van der Waals surface area (Å²) in [6, 6.07) is 5.23. The standard InChI is InChI=1S/C5H6N2O.C2H6/c8-7-5-3-1-2-4-6-5;1-2/h1-4,8H,(H,6,7);1-2H3. The van der Waals surface area contributed by atoms with Gasteiger partial charge < -0.3 is 0 Å². The van der Waals surface area contributed by atoms with E-state index in [2.05, 4.69) is 4.98 Å². The van der Waals surface area contributed by atoms with Crippen LogP contribution in [0.1, 0.15) is 13.8 Å². The van der Waals surface area contributed by atoms with Crippen LogP contribution in [-0.2, 0) is 0 Å². The molecule has 1 heterocycles. The number of anilines is 1. The Morgan fingerprint density at radius 2 is 2.10 bits per heavy atom. The van der Waals surface area contributed by atoms with Crippen molar-refractivity contribution in [2.24, 2.45) is 0 Å². The summed E-state index contributed by atoms with van der Waals surface area (Å²) in [5.41, 5.74) is 1.92. The molecule has 0 fully saturated rings. The lowest BCUT2D eigenvalue weighted by Gasteiger charge is -1.91. The summed E-state index contributed by atoms with van der Waals surface area (Å²) < 4.78 is 0. The molecule has 0 aliphatic carbocycles. The molecule has 0 aliphatic heterocycles. The van der Waals surface area contributed by atoms with Crippen molar-refractivity contribution in [1.82, 2.24) is 4.98 Å². The van der Waals surface area contributed by atoms with Gasteiger partial charge in [0.25, 0.3) is 0 Å². The number of hydrogen-bond acceptors (Lipinski definition) is 3. The molecule has 0 saturated carbocycles. The van der Waals surface area contributed by atoms with Gasteiger partial charge in [-0.2, -0.15) is 0 Å². The highest BCUT2D eigenvalue weighted by molar-refractivity contribution is 5.29. The monoisotopic (exact) mass is 140 g/mol. The highest BCUT2D eigenvalue weighted by Gasteiger charge is 1.80. The molecule has 2 N–H and O–H groups in total. The lowest BCUT2D eigenvalue weighted by atomic mass is 10.5. The SMILES string of the molecule is CC.ONc1ccccn1. The Morgan fingerprint density at radius 1 is 1.40 bits per heavy atom. The van der Waals surface area contributed by atoms with Crippen LogP contribution in [0.25, 0.3) is 0 Å². The van der Waals surface area contributed by atoms with E-state index in [-0.39, 0.29) is 0 Å². The summed E-state index contributed by atoms with van der Waals surface area (Å²) >= 11 is 0. The molecule has 3 heteroatoms. The van der Waals surface area contributed by atoms with E-state index in [4.69, 9.17) is 5.21 Å². The number of nitrogens with zero attached hydrogens (tertiary/aromatic N) is 1. The molecule has 1 aromatic heterocycles. The molecule has 0 saturated heterocycles. The van der Waals surface area contributed by atoms with Gasteiger partial charge in [0.05, 0.1) is 0 Å². The van der Waals surface area contributed by atoms with Crippen LogP contribution in [0.3, 0.4) is 0 Å². The number of pyridine rings is 1. The quantitative estimate of drug-likeness (QED) is 0.585. The molecule has 3 nitrogen and oxygen atoms in total. The summed E-state index contributed by atoms with van der Waals surface area (Å²) in [5, 5.41) is 8.23. The van der Waals surface area contributed by atoms with E-state index >= 15 is 0 Å². The van der Waals surface area contributed by atoms with E-state index in [1.54, 1.807) is 24.4 Å². The van der Waals surface area contributed by atoms with E-state index in [0.717, 1.165) is 0 Å². The van der Waals surface area contributed by atoms with Gasteiger partial charge in [-0.15, -0.1) is 0 Å². The molecule has 0 spiro atoms. The minimum absolute atomic E-state index is 0.465. The molecule has 56 valence electrons. The molecule has 0 bridgehead atoms. The van der Waals surface area contributed by atoms with Crippen LogP contribution < -0.4 is 5.48 Å². The Morgan fingerprint density at radius 3 is 2.40 bits per heavy atom. The first-order valence-electron chi connectivity index (χ1n) is 3.24. The fourth-order valence-corrected chi connectivity index (χ4v) is 0.429. The van der Waals surface area contributed by atoms with Crippen molar-refractivity contribution >= 4 is 5.82 Å². The van der Waals surface area contributed by atoms with Crippen molar-refractivity contribution in [1.29, 1.82) is 0 Å². The predicted molar refractivity (Wildman–Crippen MR) is 41.0 cm³/mol. The van der Waals surface area contributed by atoms with Crippen LogP contribution in [0.5, 0.6) is 0 Å². The van der Waals surface area contributed by atoms with Crippen molar-refractivity contribution in [3.05, 3.63) is 24.4 Å². The maximum Gasteiger partial charge on any atom is 0.149 e. The Hall–Kier alpha value is -1.09. The highest BCUT2D eigenvalue weighted by atomic mass is 16.5. The van der Waals surface area contributed by atoms with Gasteiger partial charge in [0.15, 0.2) is 0 Å². The summed E-state index contributed by atoms with van der Waals surface area (Å²) in [6.45, 7) is 4.00. The summed E-state index contributed by atoms with van der Waals surface area (Å²) in [5.74, 6) is 0.465. The number of rotatable bonds is 1. The maximum atomic E-state index is 8.23. The number of nitrogens with one attached hydrogen (secondary N) is 1. The molecule has 1 aromatic rings. The molecule has 0 aromatic carbocycles. The maximum absolute atomic E-state index is 8.23. The molecule has 0 atom stereocenters. The Labute approximate surface area is 60.7 Å². The van der Waals surface area contributed by atoms with Crippen molar-refractivity contribution in [3.8, 4) is 0 Å². The van der Waals surface area contributed by atoms with E-state index in [0.29, 0.717) is 5.82 Å². The van der Waals surface area contributed by atoms with E-state index in [1.165, 1.54) is 0 Å². The van der Waals surface area contributed by atoms with E-state index < -0.39 is 0 Å². The Bertz CT molecular complexity index is 153. The third kappa shape index (κ3) is 3.04. The van der Waals surface area contributed by atoms with Crippen LogP contribution in [0, 0.1) is 0 Å². The lowest BCUT2D eigenvalue weighted by Crippen LogP contribution is -1.89. The van der Waals surface area contributed by atoms with Crippen molar-refractivity contribution in [2.45, 2.75) is 13.8 Å². The minimum atomic E-state index is 0.465. The largest absolute Gasteiger partial charge is 0.290 e. The predicted octanol–water partition coefficient (Wildman–Crippen LogP) is 1.91. The molecule has 1 rings (SSSR count). The lowest BCUT2D eigenvalue weighted by molar-refractivity contribution is 0.386. The van der Waals surface area contributed by atoms with Crippen LogP contribution in [0.2, 0.25) is 0 Å². The Kier molecular flexibility index (Phi) is 5.38. The molecule has 0 radical (unpaired) electrons. The number of aromatic nitrogens is 1. The second-order valence-electron chi connectivity index (χ2n) is 1.33. The topological polar surface area (TPSA) is 45.1 Å². The van der Waals surface area contributed by atoms with Gasteiger partial charge in [0.1, 0.15) is 5.82 Å². The third-order valence-electron chi connectivity index (χ3n) is 0.779. The van der Waals surface area contributed by atoms with Gasteiger partial charge in [-0.25, -0.2) is 4.98 Å². The van der Waals surface area contributed by atoms with Crippen LogP contribution in [-0.4, -0.2) is 10.2 Å². The van der Waals surface area contributed by atoms with Gasteiger partial charge in [0.2, 0.25) is 0 Å². The zero-order valence-electron chi connectivity index (χ0n) is 6.20. The average molecular weight is 140 g/mol. The fraction of sp³-hybridized carbons (Fsp3) is 0.286. The Balaban J connectivity index is 0.000000371. The van der Waals surface area contributed by atoms with Crippen LogP contribution in [0.15, 0.2) is 24.4 Å². The molecule has 10 heavy (non-hydrogen) atoms. The van der Waals surface area contributed by atoms with Gasteiger partial charge >= 0.3 is 0 Å². The fourth-order valence-electron chi connectivity index (χ4n) is 0.429. The normalized spacial score (nSPS) is 7.50. The van der Waals surface area contributed by atoms with E-state index in [9.17, 15) is 0 Å². The zero-order valence-corrected chi connectivity index (χ0v) is 6.20. The summed E-state index contributed by atoms with van der Waals surface area (Å²) in [4.78, 5) is 3.74. The molecule has 0 unspecified atom stereocenters. The second-order valence-corrected chi connectivity index (χ2v) is 1.33. The molecule has 0 amide bonds. The van der Waals surface area contributed by atoms with Gasteiger partial charge in [-0.3, -0.25) is 10.7 Å². The molecular weight excluding hydrogens is 128 g/mol. The molecular formula is C7H12N2O.